The van der Waals surface area contributed by atoms with Gasteiger partial charge in [0.1, 0.15) is 5.82 Å². The molecule has 0 aliphatic carbocycles. The summed E-state index contributed by atoms with van der Waals surface area (Å²) < 4.78 is 21.2. The van der Waals surface area contributed by atoms with E-state index in [1.807, 2.05) is 0 Å². The Morgan fingerprint density at radius 3 is 2.59 bits per heavy atom. The van der Waals surface area contributed by atoms with E-state index in [1.54, 1.807) is 23.9 Å². The van der Waals surface area contributed by atoms with Gasteiger partial charge in [0.2, 0.25) is 0 Å². The maximum absolute atomic E-state index is 13.3. The molecule has 1 fully saturated rings. The number of hydrogen-bond acceptors (Lipinski definition) is 4. The molecule has 4 rings (SSSR count). The van der Waals surface area contributed by atoms with Gasteiger partial charge >= 0.3 is 0 Å². The lowest BCUT2D eigenvalue weighted by Crippen LogP contribution is -2.16. The molecule has 0 bridgehead atoms. The number of hydrogen-bond donors (Lipinski definition) is 0. The molecule has 1 saturated heterocycles. The lowest BCUT2D eigenvalue weighted by Gasteiger charge is -2.14. The van der Waals surface area contributed by atoms with Gasteiger partial charge < -0.3 is 4.74 Å². The van der Waals surface area contributed by atoms with E-state index in [1.165, 1.54) is 23.3 Å². The van der Waals surface area contributed by atoms with Crippen molar-refractivity contribution in [1.82, 2.24) is 14.8 Å². The molecule has 0 saturated carbocycles. The summed E-state index contributed by atoms with van der Waals surface area (Å²) in [7, 11) is 0. The van der Waals surface area contributed by atoms with Crippen LogP contribution in [0.25, 0.3) is 11.4 Å². The fraction of sp³-hybridized carbons (Fsp3) is 0.333. The minimum Gasteiger partial charge on any atom is -0.376 e. The van der Waals surface area contributed by atoms with Crippen molar-refractivity contribution in [3.05, 3.63) is 65.5 Å². The van der Waals surface area contributed by atoms with Crippen molar-refractivity contribution in [2.24, 2.45) is 0 Å². The molecule has 0 N–H and O–H groups in total. The second-order valence-corrected chi connectivity index (χ2v) is 7.78. The zero-order valence-electron chi connectivity index (χ0n) is 15.3. The summed E-state index contributed by atoms with van der Waals surface area (Å²) in [6, 6.07) is 14.9. The summed E-state index contributed by atoms with van der Waals surface area (Å²) in [6.07, 6.45) is 2.31. The van der Waals surface area contributed by atoms with Crippen molar-refractivity contribution in [3.8, 4) is 11.4 Å². The molecule has 1 aliphatic rings. The Bertz CT molecular complexity index is 887. The average molecular weight is 383 g/mol. The third-order valence-corrected chi connectivity index (χ3v) is 5.76. The molecule has 1 aromatic heterocycles. The molecule has 4 nitrogen and oxygen atoms in total. The van der Waals surface area contributed by atoms with Crippen LogP contribution in [0.4, 0.5) is 4.39 Å². The second kappa shape index (κ2) is 8.23. The van der Waals surface area contributed by atoms with Gasteiger partial charge in [-0.1, -0.05) is 41.6 Å². The number of ether oxygens (including phenoxy) is 1. The first-order valence-corrected chi connectivity index (χ1v) is 10.2. The molecule has 140 valence electrons. The van der Waals surface area contributed by atoms with Crippen LogP contribution in [0.1, 0.15) is 24.0 Å². The minimum atomic E-state index is -0.252. The summed E-state index contributed by atoms with van der Waals surface area (Å²) in [5.74, 6) is 1.34. The largest absolute Gasteiger partial charge is 0.376 e. The third-order valence-electron chi connectivity index (χ3n) is 4.72. The van der Waals surface area contributed by atoms with Crippen LogP contribution >= 0.6 is 11.8 Å². The molecule has 1 aliphatic heterocycles. The van der Waals surface area contributed by atoms with Gasteiger partial charge in [0.15, 0.2) is 11.0 Å². The number of benzene rings is 2. The van der Waals surface area contributed by atoms with Gasteiger partial charge in [-0.3, -0.25) is 4.57 Å². The quantitative estimate of drug-likeness (QED) is 0.570. The molecule has 1 atom stereocenters. The zero-order chi connectivity index (χ0) is 18.6. The number of nitrogens with zero attached hydrogens (tertiary/aromatic N) is 3. The zero-order valence-corrected chi connectivity index (χ0v) is 16.1. The van der Waals surface area contributed by atoms with Gasteiger partial charge in [0.25, 0.3) is 0 Å². The number of aryl methyl sites for hydroxylation is 1. The Kier molecular flexibility index (Phi) is 5.55. The van der Waals surface area contributed by atoms with Gasteiger partial charge in [-0.2, -0.15) is 0 Å². The SMILES string of the molecule is Cc1ccc(CSc2nnc(-c3ccc(F)cc3)n2C[C@@H]2CCCO2)cc1. The molecule has 2 aromatic carbocycles. The lowest BCUT2D eigenvalue weighted by molar-refractivity contribution is 0.0953. The topological polar surface area (TPSA) is 39.9 Å². The summed E-state index contributed by atoms with van der Waals surface area (Å²) in [5, 5.41) is 9.68. The highest BCUT2D eigenvalue weighted by atomic mass is 32.2. The standard InChI is InChI=1S/C21H22FN3OS/c1-15-4-6-16(7-5-15)14-27-21-24-23-20(17-8-10-18(22)11-9-17)25(21)13-19-3-2-12-26-19/h4-11,19H,2-3,12-14H2,1H3/t19-/m0/s1. The maximum Gasteiger partial charge on any atom is 0.191 e. The Morgan fingerprint density at radius 1 is 1.11 bits per heavy atom. The van der Waals surface area contributed by atoms with Crippen LogP contribution < -0.4 is 0 Å². The molecule has 27 heavy (non-hydrogen) atoms. The van der Waals surface area contributed by atoms with Gasteiger partial charge in [-0.15, -0.1) is 10.2 Å². The molecular formula is C21H22FN3OS. The molecule has 0 amide bonds. The number of aromatic nitrogens is 3. The predicted octanol–water partition coefficient (Wildman–Crippen LogP) is 4.86. The minimum absolute atomic E-state index is 0.180. The molecule has 2 heterocycles. The number of thioether (sulfide) groups is 1. The highest BCUT2D eigenvalue weighted by Crippen LogP contribution is 2.28. The van der Waals surface area contributed by atoms with Gasteiger partial charge in [-0.05, 0) is 49.6 Å². The van der Waals surface area contributed by atoms with E-state index in [0.29, 0.717) is 0 Å². The van der Waals surface area contributed by atoms with Crippen molar-refractivity contribution in [2.45, 2.75) is 43.3 Å². The van der Waals surface area contributed by atoms with Crippen molar-refractivity contribution < 1.29 is 9.13 Å². The van der Waals surface area contributed by atoms with E-state index in [2.05, 4.69) is 46.0 Å². The van der Waals surface area contributed by atoms with Crippen LogP contribution in [-0.2, 0) is 17.0 Å². The monoisotopic (exact) mass is 383 g/mol. The molecule has 0 radical (unpaired) electrons. The Hall–Kier alpha value is -2.18. The molecule has 0 unspecified atom stereocenters. The van der Waals surface area contributed by atoms with Crippen LogP contribution in [0.5, 0.6) is 0 Å². The van der Waals surface area contributed by atoms with Crippen molar-refractivity contribution in [3.63, 3.8) is 0 Å². The summed E-state index contributed by atoms with van der Waals surface area (Å²) in [5.41, 5.74) is 3.37. The van der Waals surface area contributed by atoms with Crippen LogP contribution in [0.15, 0.2) is 53.7 Å². The van der Waals surface area contributed by atoms with Gasteiger partial charge in [0.05, 0.1) is 12.6 Å². The summed E-state index contributed by atoms with van der Waals surface area (Å²) >= 11 is 1.67. The van der Waals surface area contributed by atoms with E-state index in [4.69, 9.17) is 4.74 Å². The number of rotatable bonds is 6. The first kappa shape index (κ1) is 18.2. The van der Waals surface area contributed by atoms with E-state index in [0.717, 1.165) is 48.3 Å². The van der Waals surface area contributed by atoms with E-state index in [9.17, 15) is 4.39 Å². The fourth-order valence-corrected chi connectivity index (χ4v) is 4.10. The second-order valence-electron chi connectivity index (χ2n) is 6.83. The van der Waals surface area contributed by atoms with E-state index in [-0.39, 0.29) is 11.9 Å². The average Bonchev–Trinajstić information content (AvgIpc) is 3.33. The van der Waals surface area contributed by atoms with Crippen LogP contribution in [-0.4, -0.2) is 27.5 Å². The lowest BCUT2D eigenvalue weighted by atomic mass is 10.2. The highest BCUT2D eigenvalue weighted by Gasteiger charge is 2.21. The predicted molar refractivity (Wildman–Crippen MR) is 105 cm³/mol. The smallest absolute Gasteiger partial charge is 0.191 e. The maximum atomic E-state index is 13.3. The van der Waals surface area contributed by atoms with Gasteiger partial charge in [-0.25, -0.2) is 4.39 Å². The third kappa shape index (κ3) is 4.39. The van der Waals surface area contributed by atoms with E-state index < -0.39 is 0 Å². The Morgan fingerprint density at radius 2 is 1.89 bits per heavy atom. The van der Waals surface area contributed by atoms with E-state index >= 15 is 0 Å². The van der Waals surface area contributed by atoms with Crippen molar-refractivity contribution in [1.29, 1.82) is 0 Å². The van der Waals surface area contributed by atoms with Crippen LogP contribution in [0, 0.1) is 12.7 Å². The Balaban J connectivity index is 1.59. The molecule has 6 heteroatoms. The van der Waals surface area contributed by atoms with Crippen molar-refractivity contribution >= 4 is 11.8 Å². The summed E-state index contributed by atoms with van der Waals surface area (Å²) in [6.45, 7) is 3.62. The van der Waals surface area contributed by atoms with Crippen LogP contribution in [0.3, 0.4) is 0 Å². The Labute approximate surface area is 162 Å². The normalized spacial score (nSPS) is 16.7. The fourth-order valence-electron chi connectivity index (χ4n) is 3.20. The highest BCUT2D eigenvalue weighted by molar-refractivity contribution is 7.98. The first-order chi connectivity index (χ1) is 13.2. The molecular weight excluding hydrogens is 361 g/mol. The molecule has 0 spiro atoms. The summed E-state index contributed by atoms with van der Waals surface area (Å²) in [4.78, 5) is 0. The van der Waals surface area contributed by atoms with Gasteiger partial charge in [0, 0.05) is 17.9 Å². The van der Waals surface area contributed by atoms with Crippen LogP contribution in [0.2, 0.25) is 0 Å². The first-order valence-electron chi connectivity index (χ1n) is 9.18. The van der Waals surface area contributed by atoms with Crippen molar-refractivity contribution in [2.75, 3.05) is 6.61 Å². The number of halogens is 1. The molecule has 3 aromatic rings.